The van der Waals surface area contributed by atoms with E-state index in [1.807, 2.05) is 0 Å². The minimum atomic E-state index is 0.131. The highest BCUT2D eigenvalue weighted by Crippen LogP contribution is 2.37. The van der Waals surface area contributed by atoms with E-state index in [0.717, 1.165) is 12.5 Å². The Kier molecular flexibility index (Phi) is 5.07. The molecule has 0 aromatic carbocycles. The molecule has 0 aromatic heterocycles. The third-order valence-electron chi connectivity index (χ3n) is 3.94. The first-order chi connectivity index (χ1) is 7.12. The van der Waals surface area contributed by atoms with Crippen molar-refractivity contribution < 1.29 is 5.11 Å². The van der Waals surface area contributed by atoms with Gasteiger partial charge in [-0.25, -0.2) is 0 Å². The van der Waals surface area contributed by atoms with Crippen LogP contribution in [0.2, 0.25) is 0 Å². The highest BCUT2D eigenvalue weighted by Gasteiger charge is 2.37. The van der Waals surface area contributed by atoms with Crippen LogP contribution < -0.4 is 5.32 Å². The number of aliphatic hydroxyl groups excluding tert-OH is 1. The van der Waals surface area contributed by atoms with Crippen molar-refractivity contribution in [3.8, 4) is 0 Å². The second kappa shape index (κ2) is 5.86. The highest BCUT2D eigenvalue weighted by atomic mass is 16.3. The van der Waals surface area contributed by atoms with Gasteiger partial charge in [0.25, 0.3) is 0 Å². The van der Waals surface area contributed by atoms with Gasteiger partial charge in [0.2, 0.25) is 0 Å². The maximum absolute atomic E-state index is 9.42. The van der Waals surface area contributed by atoms with Gasteiger partial charge in [0.1, 0.15) is 0 Å². The van der Waals surface area contributed by atoms with Crippen LogP contribution in [0, 0.1) is 11.3 Å². The largest absolute Gasteiger partial charge is 0.396 e. The molecular weight excluding hydrogens is 186 g/mol. The van der Waals surface area contributed by atoms with E-state index < -0.39 is 0 Å². The molecule has 1 rings (SSSR count). The summed E-state index contributed by atoms with van der Waals surface area (Å²) >= 11 is 0. The lowest BCUT2D eigenvalue weighted by Crippen LogP contribution is -2.43. The number of rotatable bonds is 6. The van der Waals surface area contributed by atoms with Gasteiger partial charge in [-0.3, -0.25) is 0 Å². The van der Waals surface area contributed by atoms with Crippen LogP contribution in [0.1, 0.15) is 52.9 Å². The smallest absolute Gasteiger partial charge is 0.0499 e. The summed E-state index contributed by atoms with van der Waals surface area (Å²) in [4.78, 5) is 0. The molecule has 3 atom stereocenters. The van der Waals surface area contributed by atoms with Gasteiger partial charge < -0.3 is 10.4 Å². The predicted molar refractivity (Wildman–Crippen MR) is 64.9 cm³/mol. The molecule has 2 N–H and O–H groups in total. The summed E-state index contributed by atoms with van der Waals surface area (Å²) in [6.45, 7) is 8.19. The fourth-order valence-electron chi connectivity index (χ4n) is 2.71. The van der Waals surface area contributed by atoms with E-state index in [4.69, 9.17) is 0 Å². The zero-order valence-corrected chi connectivity index (χ0v) is 10.6. The van der Waals surface area contributed by atoms with Crippen molar-refractivity contribution in [1.82, 2.24) is 5.32 Å². The van der Waals surface area contributed by atoms with Gasteiger partial charge in [0.15, 0.2) is 0 Å². The number of nitrogens with one attached hydrogen (secondary N) is 1. The molecule has 0 bridgehead atoms. The average Bonchev–Trinajstić information content (AvgIpc) is 2.58. The molecule has 0 amide bonds. The Morgan fingerprint density at radius 3 is 2.87 bits per heavy atom. The Morgan fingerprint density at radius 2 is 2.27 bits per heavy atom. The zero-order chi connectivity index (χ0) is 11.3. The average molecular weight is 213 g/mol. The van der Waals surface area contributed by atoms with Crippen LogP contribution in [0.3, 0.4) is 0 Å². The number of hydrogen-bond acceptors (Lipinski definition) is 2. The minimum Gasteiger partial charge on any atom is -0.396 e. The molecule has 2 nitrogen and oxygen atoms in total. The van der Waals surface area contributed by atoms with Crippen molar-refractivity contribution in [3.05, 3.63) is 0 Å². The Labute approximate surface area is 94.5 Å². The lowest BCUT2D eigenvalue weighted by atomic mass is 9.85. The van der Waals surface area contributed by atoms with Crippen LogP contribution in [-0.4, -0.2) is 24.3 Å². The van der Waals surface area contributed by atoms with E-state index >= 15 is 0 Å². The summed E-state index contributed by atoms with van der Waals surface area (Å²) in [5.74, 6) is 0.763. The molecule has 1 saturated carbocycles. The lowest BCUT2D eigenvalue weighted by molar-refractivity contribution is 0.117. The third kappa shape index (κ3) is 3.46. The first-order valence-electron chi connectivity index (χ1n) is 6.46. The van der Waals surface area contributed by atoms with E-state index in [9.17, 15) is 5.11 Å². The van der Waals surface area contributed by atoms with Gasteiger partial charge >= 0.3 is 0 Å². The molecule has 15 heavy (non-hydrogen) atoms. The molecule has 1 aliphatic rings. The normalized spacial score (nSPS) is 33.2. The maximum Gasteiger partial charge on any atom is 0.0499 e. The van der Waals surface area contributed by atoms with Crippen molar-refractivity contribution in [1.29, 1.82) is 0 Å². The molecule has 0 spiro atoms. The molecule has 0 aliphatic heterocycles. The van der Waals surface area contributed by atoms with Crippen LogP contribution >= 0.6 is 0 Å². The van der Waals surface area contributed by atoms with E-state index in [0.29, 0.717) is 12.6 Å². The molecule has 3 unspecified atom stereocenters. The van der Waals surface area contributed by atoms with Gasteiger partial charge in [0.05, 0.1) is 0 Å². The van der Waals surface area contributed by atoms with Gasteiger partial charge in [0, 0.05) is 18.1 Å². The van der Waals surface area contributed by atoms with Crippen LogP contribution in [0.25, 0.3) is 0 Å². The molecule has 90 valence electrons. The Hall–Kier alpha value is -0.0800. The summed E-state index contributed by atoms with van der Waals surface area (Å²) in [6, 6.07) is 0.529. The third-order valence-corrected chi connectivity index (χ3v) is 3.94. The van der Waals surface area contributed by atoms with E-state index in [2.05, 4.69) is 26.1 Å². The van der Waals surface area contributed by atoms with Gasteiger partial charge in [-0.15, -0.1) is 0 Å². The highest BCUT2D eigenvalue weighted by molar-refractivity contribution is 4.93. The minimum absolute atomic E-state index is 0.131. The van der Waals surface area contributed by atoms with Crippen LogP contribution in [0.15, 0.2) is 0 Å². The number of aliphatic hydroxyl groups is 1. The first-order valence-corrected chi connectivity index (χ1v) is 6.46. The van der Waals surface area contributed by atoms with Gasteiger partial charge in [-0.05, 0) is 31.7 Å². The fraction of sp³-hybridized carbons (Fsp3) is 1.00. The van der Waals surface area contributed by atoms with Crippen LogP contribution in [-0.2, 0) is 0 Å². The van der Waals surface area contributed by atoms with Crippen molar-refractivity contribution in [2.24, 2.45) is 11.3 Å². The monoisotopic (exact) mass is 213 g/mol. The van der Waals surface area contributed by atoms with E-state index in [-0.39, 0.29) is 5.41 Å². The second-order valence-corrected chi connectivity index (χ2v) is 5.56. The summed E-state index contributed by atoms with van der Waals surface area (Å²) in [5, 5.41) is 13.1. The summed E-state index contributed by atoms with van der Waals surface area (Å²) < 4.78 is 0. The van der Waals surface area contributed by atoms with Crippen molar-refractivity contribution >= 4 is 0 Å². The molecule has 1 aliphatic carbocycles. The molecule has 0 radical (unpaired) electrons. The number of hydrogen-bond donors (Lipinski definition) is 2. The summed E-state index contributed by atoms with van der Waals surface area (Å²) in [6.07, 6.45) is 6.23. The van der Waals surface area contributed by atoms with Crippen LogP contribution in [0.4, 0.5) is 0 Å². The maximum atomic E-state index is 9.42. The quantitative estimate of drug-likeness (QED) is 0.711. The van der Waals surface area contributed by atoms with Gasteiger partial charge in [-0.1, -0.05) is 33.6 Å². The van der Waals surface area contributed by atoms with Crippen molar-refractivity contribution in [3.63, 3.8) is 0 Å². The Morgan fingerprint density at radius 1 is 1.53 bits per heavy atom. The van der Waals surface area contributed by atoms with Crippen molar-refractivity contribution in [2.45, 2.75) is 58.9 Å². The SMILES string of the molecule is CCCC(C)CNC1CCCC1(C)CO. The molecular formula is C13H27NO. The Bertz CT molecular complexity index is 183. The molecule has 1 fully saturated rings. The van der Waals surface area contributed by atoms with Crippen LogP contribution in [0.5, 0.6) is 0 Å². The zero-order valence-electron chi connectivity index (χ0n) is 10.6. The second-order valence-electron chi connectivity index (χ2n) is 5.56. The standard InChI is InChI=1S/C13H27NO/c1-4-6-11(2)9-14-12-7-5-8-13(12,3)10-15/h11-12,14-15H,4-10H2,1-3H3. The van der Waals surface area contributed by atoms with Gasteiger partial charge in [-0.2, -0.15) is 0 Å². The Balaban J connectivity index is 2.31. The van der Waals surface area contributed by atoms with E-state index in [1.54, 1.807) is 0 Å². The molecule has 0 heterocycles. The fourth-order valence-corrected chi connectivity index (χ4v) is 2.71. The van der Waals surface area contributed by atoms with Crippen molar-refractivity contribution in [2.75, 3.05) is 13.2 Å². The molecule has 2 heteroatoms. The predicted octanol–water partition coefficient (Wildman–Crippen LogP) is 2.56. The van der Waals surface area contributed by atoms with E-state index in [1.165, 1.54) is 32.1 Å². The molecule has 0 saturated heterocycles. The summed E-state index contributed by atoms with van der Waals surface area (Å²) in [5.41, 5.74) is 0.131. The first kappa shape index (κ1) is 13.0. The summed E-state index contributed by atoms with van der Waals surface area (Å²) in [7, 11) is 0. The lowest BCUT2D eigenvalue weighted by Gasteiger charge is -2.31. The molecule has 0 aromatic rings. The topological polar surface area (TPSA) is 32.3 Å².